The number of aromatic nitrogens is 4. The zero-order valence-electron chi connectivity index (χ0n) is 18.7. The highest BCUT2D eigenvalue weighted by molar-refractivity contribution is 7.15. The summed E-state index contributed by atoms with van der Waals surface area (Å²) in [7, 11) is 0. The van der Waals surface area contributed by atoms with Crippen molar-refractivity contribution in [3.63, 3.8) is 0 Å². The molecule has 2 amide bonds. The van der Waals surface area contributed by atoms with Crippen molar-refractivity contribution in [2.45, 2.75) is 38.3 Å². The highest BCUT2D eigenvalue weighted by Crippen LogP contribution is 2.32. The maximum Gasteiger partial charge on any atom is 0.416 e. The van der Waals surface area contributed by atoms with Gasteiger partial charge in [0.2, 0.25) is 16.9 Å². The molecule has 1 aliphatic rings. The minimum atomic E-state index is -4.47. The van der Waals surface area contributed by atoms with E-state index in [1.807, 2.05) is 0 Å². The lowest BCUT2D eigenvalue weighted by atomic mass is 9.99. The molecule has 4 rings (SSSR count). The average molecular weight is 506 g/mol. The van der Waals surface area contributed by atoms with Crippen LogP contribution in [0.4, 0.5) is 29.9 Å². The van der Waals surface area contributed by atoms with E-state index in [0.29, 0.717) is 17.5 Å². The van der Waals surface area contributed by atoms with Gasteiger partial charge in [0.15, 0.2) is 11.6 Å². The zero-order valence-corrected chi connectivity index (χ0v) is 19.5. The molecule has 1 aliphatic heterocycles. The minimum Gasteiger partial charge on any atom is -0.354 e. The molecule has 0 spiro atoms. The maximum absolute atomic E-state index is 12.9. The average Bonchev–Trinajstić information content (AvgIpc) is 3.27. The summed E-state index contributed by atoms with van der Waals surface area (Å²) in [4.78, 5) is 25.6. The molecular formula is C22H22F3N7O2S. The van der Waals surface area contributed by atoms with E-state index in [-0.39, 0.29) is 29.6 Å². The van der Waals surface area contributed by atoms with Gasteiger partial charge in [0.25, 0.3) is 0 Å². The van der Waals surface area contributed by atoms with E-state index in [1.54, 1.807) is 12.1 Å². The SMILES string of the molecule is CC(=O)Nc1nnc(C2CCCN(c3ccc(NC(=O)Cc4cccc(C(F)(F)F)c4)nn3)C2)s1. The summed E-state index contributed by atoms with van der Waals surface area (Å²) in [5, 5.41) is 23.0. The molecule has 1 saturated heterocycles. The number of amides is 2. The molecule has 1 atom stereocenters. The fourth-order valence-electron chi connectivity index (χ4n) is 3.78. The van der Waals surface area contributed by atoms with E-state index in [1.165, 1.54) is 30.4 Å². The van der Waals surface area contributed by atoms with Crippen molar-refractivity contribution >= 4 is 39.9 Å². The van der Waals surface area contributed by atoms with Crippen LogP contribution in [0.15, 0.2) is 36.4 Å². The Balaban J connectivity index is 1.35. The van der Waals surface area contributed by atoms with Gasteiger partial charge in [-0.25, -0.2) is 0 Å². The Kier molecular flexibility index (Phi) is 7.24. The number of rotatable bonds is 6. The Labute approximate surface area is 202 Å². The van der Waals surface area contributed by atoms with Crippen LogP contribution in [0.25, 0.3) is 0 Å². The van der Waals surface area contributed by atoms with Gasteiger partial charge in [0.05, 0.1) is 12.0 Å². The number of carbonyl (C=O) groups excluding carboxylic acids is 2. The summed E-state index contributed by atoms with van der Waals surface area (Å²) in [6.07, 6.45) is -2.84. The lowest BCUT2D eigenvalue weighted by Gasteiger charge is -2.32. The van der Waals surface area contributed by atoms with Gasteiger partial charge < -0.3 is 15.5 Å². The summed E-state index contributed by atoms with van der Waals surface area (Å²) in [5.41, 5.74) is -0.550. The largest absolute Gasteiger partial charge is 0.416 e. The first-order valence-electron chi connectivity index (χ1n) is 10.8. The molecule has 1 aromatic carbocycles. The molecule has 1 unspecified atom stereocenters. The summed E-state index contributed by atoms with van der Waals surface area (Å²) in [6.45, 7) is 2.86. The molecule has 1 fully saturated rings. The maximum atomic E-state index is 12.9. The van der Waals surface area contributed by atoms with Gasteiger partial charge in [0.1, 0.15) is 5.01 Å². The molecule has 2 aromatic heterocycles. The lowest BCUT2D eigenvalue weighted by molar-refractivity contribution is -0.137. The van der Waals surface area contributed by atoms with Crippen LogP contribution < -0.4 is 15.5 Å². The molecule has 3 aromatic rings. The first-order valence-corrected chi connectivity index (χ1v) is 11.6. The molecule has 9 nitrogen and oxygen atoms in total. The van der Waals surface area contributed by atoms with Crippen molar-refractivity contribution in [1.82, 2.24) is 20.4 Å². The topological polar surface area (TPSA) is 113 Å². The number of alkyl halides is 3. The van der Waals surface area contributed by atoms with E-state index in [4.69, 9.17) is 0 Å². The van der Waals surface area contributed by atoms with Crippen LogP contribution in [0.5, 0.6) is 0 Å². The standard InChI is InChI=1S/C22H22F3N7O2S/c1-13(33)26-21-31-30-20(35-21)15-5-3-9-32(12-15)18-8-7-17(28-29-18)27-19(34)11-14-4-2-6-16(10-14)22(23,24)25/h2,4,6-8,10,15H,3,5,9,11-12H2,1H3,(H,26,31,33)(H,27,28,34). The van der Waals surface area contributed by atoms with Gasteiger partial charge in [-0.2, -0.15) is 13.2 Å². The highest BCUT2D eigenvalue weighted by Gasteiger charge is 2.30. The van der Waals surface area contributed by atoms with E-state index in [2.05, 4.69) is 35.9 Å². The zero-order chi connectivity index (χ0) is 25.0. The Morgan fingerprint density at radius 3 is 2.66 bits per heavy atom. The number of benzene rings is 1. The highest BCUT2D eigenvalue weighted by atomic mass is 32.1. The molecule has 3 heterocycles. The second kappa shape index (κ2) is 10.3. The number of hydrogen-bond acceptors (Lipinski definition) is 8. The van der Waals surface area contributed by atoms with Crippen molar-refractivity contribution in [3.05, 3.63) is 52.5 Å². The number of nitrogens with one attached hydrogen (secondary N) is 2. The van der Waals surface area contributed by atoms with Gasteiger partial charge in [-0.05, 0) is 36.6 Å². The third-order valence-electron chi connectivity index (χ3n) is 5.36. The molecule has 35 heavy (non-hydrogen) atoms. The first kappa shape index (κ1) is 24.5. The van der Waals surface area contributed by atoms with E-state index < -0.39 is 17.6 Å². The summed E-state index contributed by atoms with van der Waals surface area (Å²) in [5.74, 6) is 0.295. The molecule has 0 bridgehead atoms. The van der Waals surface area contributed by atoms with Gasteiger partial charge >= 0.3 is 6.18 Å². The molecule has 0 aliphatic carbocycles. The van der Waals surface area contributed by atoms with Gasteiger partial charge in [-0.1, -0.05) is 29.5 Å². The fourth-order valence-corrected chi connectivity index (χ4v) is 4.69. The second-order valence-corrected chi connectivity index (χ2v) is 9.12. The normalized spacial score (nSPS) is 16.1. The molecule has 13 heteroatoms. The van der Waals surface area contributed by atoms with Crippen molar-refractivity contribution in [2.75, 3.05) is 28.6 Å². The van der Waals surface area contributed by atoms with Crippen LogP contribution in [0.1, 0.15) is 41.8 Å². The molecule has 184 valence electrons. The Hall–Kier alpha value is -3.61. The van der Waals surface area contributed by atoms with E-state index >= 15 is 0 Å². The van der Waals surface area contributed by atoms with Crippen LogP contribution in [0.2, 0.25) is 0 Å². The van der Waals surface area contributed by atoms with Crippen molar-refractivity contribution in [1.29, 1.82) is 0 Å². The Morgan fingerprint density at radius 2 is 1.94 bits per heavy atom. The number of carbonyl (C=O) groups is 2. The number of hydrogen-bond donors (Lipinski definition) is 2. The van der Waals surface area contributed by atoms with Gasteiger partial charge in [-0.3, -0.25) is 9.59 Å². The third kappa shape index (κ3) is 6.50. The quantitative estimate of drug-likeness (QED) is 0.523. The monoisotopic (exact) mass is 505 g/mol. The van der Waals surface area contributed by atoms with Gasteiger partial charge in [-0.15, -0.1) is 20.4 Å². The van der Waals surface area contributed by atoms with Crippen molar-refractivity contribution in [2.24, 2.45) is 0 Å². The molecule has 0 saturated carbocycles. The van der Waals surface area contributed by atoms with Crippen molar-refractivity contribution < 1.29 is 22.8 Å². The Morgan fingerprint density at radius 1 is 1.11 bits per heavy atom. The molecule has 0 radical (unpaired) electrons. The van der Waals surface area contributed by atoms with Crippen LogP contribution >= 0.6 is 11.3 Å². The number of piperidine rings is 1. The number of anilines is 3. The van der Waals surface area contributed by atoms with Crippen molar-refractivity contribution in [3.8, 4) is 0 Å². The number of halogens is 3. The minimum absolute atomic E-state index is 0.136. The third-order valence-corrected chi connectivity index (χ3v) is 6.36. The first-order chi connectivity index (χ1) is 16.7. The predicted octanol–water partition coefficient (Wildman–Crippen LogP) is 3.87. The van der Waals surface area contributed by atoms with E-state index in [0.717, 1.165) is 36.5 Å². The molecular weight excluding hydrogens is 483 g/mol. The smallest absolute Gasteiger partial charge is 0.354 e. The predicted molar refractivity (Wildman–Crippen MR) is 124 cm³/mol. The van der Waals surface area contributed by atoms with Crippen LogP contribution in [0, 0.1) is 0 Å². The lowest BCUT2D eigenvalue weighted by Crippen LogP contribution is -2.35. The number of nitrogens with zero attached hydrogens (tertiary/aromatic N) is 5. The summed E-state index contributed by atoms with van der Waals surface area (Å²) < 4.78 is 38.6. The van der Waals surface area contributed by atoms with Crippen LogP contribution in [-0.4, -0.2) is 45.3 Å². The van der Waals surface area contributed by atoms with Crippen LogP contribution in [0.3, 0.4) is 0 Å². The van der Waals surface area contributed by atoms with Crippen LogP contribution in [-0.2, 0) is 22.2 Å². The Bertz CT molecular complexity index is 1200. The fraction of sp³-hybridized carbons (Fsp3) is 0.364. The van der Waals surface area contributed by atoms with Gasteiger partial charge in [0, 0.05) is 25.9 Å². The summed E-state index contributed by atoms with van der Waals surface area (Å²) >= 11 is 1.35. The molecule has 2 N–H and O–H groups in total. The van der Waals surface area contributed by atoms with E-state index in [9.17, 15) is 22.8 Å². The second-order valence-electron chi connectivity index (χ2n) is 8.11. The summed E-state index contributed by atoms with van der Waals surface area (Å²) in [6, 6.07) is 8.00.